The maximum absolute atomic E-state index is 13.1. The van der Waals surface area contributed by atoms with Gasteiger partial charge in [0, 0.05) is 13.1 Å². The summed E-state index contributed by atoms with van der Waals surface area (Å²) in [6.45, 7) is 4.30. The lowest BCUT2D eigenvalue weighted by atomic mass is 9.90. The zero-order chi connectivity index (χ0) is 16.3. The molecule has 3 rings (SSSR count). The molecule has 2 atom stereocenters. The number of likely N-dealkylation sites (tertiary alicyclic amines) is 1. The molecule has 1 heterocycles. The summed E-state index contributed by atoms with van der Waals surface area (Å²) in [6.07, 6.45) is 5.26. The normalized spacial score (nSPS) is 25.5. The second-order valence-electron chi connectivity index (χ2n) is 7.36. The van der Waals surface area contributed by atoms with Crippen LogP contribution in [0.15, 0.2) is 30.3 Å². The number of nitrogens with zero attached hydrogens (tertiary/aromatic N) is 1. The van der Waals surface area contributed by atoms with E-state index in [9.17, 15) is 4.79 Å². The first kappa shape index (κ1) is 19.2. The van der Waals surface area contributed by atoms with E-state index in [4.69, 9.17) is 10.5 Å². The molecule has 0 spiro atoms. The van der Waals surface area contributed by atoms with Crippen LogP contribution < -0.4 is 5.73 Å². The third kappa shape index (κ3) is 4.29. The van der Waals surface area contributed by atoms with Gasteiger partial charge in [0.25, 0.3) is 5.91 Å². The van der Waals surface area contributed by atoms with E-state index >= 15 is 0 Å². The molecule has 5 heteroatoms. The van der Waals surface area contributed by atoms with Crippen molar-refractivity contribution in [3.8, 4) is 0 Å². The van der Waals surface area contributed by atoms with Gasteiger partial charge in [-0.15, -0.1) is 12.4 Å². The van der Waals surface area contributed by atoms with Gasteiger partial charge in [-0.2, -0.15) is 0 Å². The van der Waals surface area contributed by atoms with Crippen molar-refractivity contribution in [1.82, 2.24) is 4.90 Å². The number of hydrogen-bond acceptors (Lipinski definition) is 3. The molecule has 1 saturated heterocycles. The zero-order valence-corrected chi connectivity index (χ0v) is 15.3. The number of carbonyl (C=O) groups excluding carboxylic acids is 1. The molecule has 0 radical (unpaired) electrons. The summed E-state index contributed by atoms with van der Waals surface area (Å²) in [4.78, 5) is 15.0. The number of halogens is 1. The predicted octanol–water partition coefficient (Wildman–Crippen LogP) is 3.31. The van der Waals surface area contributed by atoms with Gasteiger partial charge in [0.1, 0.15) is 0 Å². The second-order valence-corrected chi connectivity index (χ2v) is 7.36. The average Bonchev–Trinajstić information content (AvgIpc) is 3.23. The first-order chi connectivity index (χ1) is 11.1. The van der Waals surface area contributed by atoms with Gasteiger partial charge >= 0.3 is 0 Å². The van der Waals surface area contributed by atoms with Crippen molar-refractivity contribution < 1.29 is 9.53 Å². The summed E-state index contributed by atoms with van der Waals surface area (Å²) in [7, 11) is 0. The molecule has 0 aromatic heterocycles. The van der Waals surface area contributed by atoms with Crippen LogP contribution in [0.4, 0.5) is 0 Å². The SMILES string of the molecule is CC1(CN)CCN(C(=O)C(OC2CCCC2)c2ccccc2)C1.Cl. The van der Waals surface area contributed by atoms with Crippen molar-refractivity contribution >= 4 is 18.3 Å². The van der Waals surface area contributed by atoms with E-state index < -0.39 is 6.10 Å². The highest BCUT2D eigenvalue weighted by Crippen LogP contribution is 2.33. The van der Waals surface area contributed by atoms with Crippen molar-refractivity contribution in [1.29, 1.82) is 0 Å². The van der Waals surface area contributed by atoms with Crippen LogP contribution in [-0.4, -0.2) is 36.5 Å². The van der Waals surface area contributed by atoms with Gasteiger partial charge in [0.2, 0.25) is 0 Å². The Bertz CT molecular complexity index is 533. The van der Waals surface area contributed by atoms with Gasteiger partial charge in [0.05, 0.1) is 6.10 Å². The summed E-state index contributed by atoms with van der Waals surface area (Å²) < 4.78 is 6.25. The summed E-state index contributed by atoms with van der Waals surface area (Å²) in [5.74, 6) is 0.0975. The van der Waals surface area contributed by atoms with E-state index in [0.29, 0.717) is 6.54 Å². The Morgan fingerprint density at radius 2 is 2.00 bits per heavy atom. The van der Waals surface area contributed by atoms with Crippen LogP contribution in [0.2, 0.25) is 0 Å². The molecular formula is C19H29ClN2O2. The molecule has 1 aromatic rings. The Balaban J connectivity index is 0.00000208. The minimum Gasteiger partial charge on any atom is -0.360 e. The maximum Gasteiger partial charge on any atom is 0.256 e. The molecular weight excluding hydrogens is 324 g/mol. The van der Waals surface area contributed by atoms with Gasteiger partial charge in [-0.05, 0) is 36.8 Å². The van der Waals surface area contributed by atoms with Crippen LogP contribution in [-0.2, 0) is 9.53 Å². The number of nitrogens with two attached hydrogens (primary N) is 1. The van der Waals surface area contributed by atoms with Crippen LogP contribution in [0.1, 0.15) is 50.7 Å². The van der Waals surface area contributed by atoms with E-state index in [0.717, 1.165) is 37.9 Å². The number of ether oxygens (including phenoxy) is 1. The standard InChI is InChI=1S/C19H28N2O2.ClH/c1-19(13-20)11-12-21(14-19)18(22)17(15-7-3-2-4-8-15)23-16-9-5-6-10-16;/h2-4,7-8,16-17H,5-6,9-14,20H2,1H3;1H. The van der Waals surface area contributed by atoms with Gasteiger partial charge in [-0.25, -0.2) is 0 Å². The number of hydrogen-bond donors (Lipinski definition) is 1. The van der Waals surface area contributed by atoms with Crippen LogP contribution in [0.25, 0.3) is 0 Å². The molecule has 2 aliphatic rings. The molecule has 1 aromatic carbocycles. The molecule has 2 fully saturated rings. The van der Waals surface area contributed by atoms with Crippen molar-refractivity contribution in [2.24, 2.45) is 11.1 Å². The molecule has 1 saturated carbocycles. The van der Waals surface area contributed by atoms with Gasteiger partial charge < -0.3 is 15.4 Å². The van der Waals surface area contributed by atoms with E-state index in [1.165, 1.54) is 12.8 Å². The highest BCUT2D eigenvalue weighted by atomic mass is 35.5. The van der Waals surface area contributed by atoms with Crippen LogP contribution in [0.5, 0.6) is 0 Å². The summed E-state index contributed by atoms with van der Waals surface area (Å²) >= 11 is 0. The van der Waals surface area contributed by atoms with Crippen molar-refractivity contribution in [3.63, 3.8) is 0 Å². The molecule has 1 amide bonds. The Kier molecular flexibility index (Phi) is 6.67. The number of carbonyl (C=O) groups is 1. The minimum atomic E-state index is -0.473. The second kappa shape index (κ2) is 8.32. The fourth-order valence-electron chi connectivity index (χ4n) is 3.67. The predicted molar refractivity (Wildman–Crippen MR) is 98.1 cm³/mol. The first-order valence-corrected chi connectivity index (χ1v) is 8.81. The number of amides is 1. The molecule has 2 N–H and O–H groups in total. The van der Waals surface area contributed by atoms with Crippen LogP contribution in [0, 0.1) is 5.41 Å². The Hall–Kier alpha value is -1.10. The van der Waals surface area contributed by atoms with Gasteiger partial charge in [0.15, 0.2) is 6.10 Å². The monoisotopic (exact) mass is 352 g/mol. The Morgan fingerprint density at radius 1 is 1.33 bits per heavy atom. The van der Waals surface area contributed by atoms with Crippen molar-refractivity contribution in [3.05, 3.63) is 35.9 Å². The highest BCUT2D eigenvalue weighted by Gasteiger charge is 2.38. The largest absolute Gasteiger partial charge is 0.360 e. The van der Waals surface area contributed by atoms with E-state index in [1.54, 1.807) is 0 Å². The number of rotatable bonds is 5. The summed E-state index contributed by atoms with van der Waals surface area (Å²) in [6, 6.07) is 9.91. The fraction of sp³-hybridized carbons (Fsp3) is 0.632. The Morgan fingerprint density at radius 3 is 2.58 bits per heavy atom. The molecule has 2 unspecified atom stereocenters. The summed E-state index contributed by atoms with van der Waals surface area (Å²) in [5, 5.41) is 0. The molecule has 4 nitrogen and oxygen atoms in total. The topological polar surface area (TPSA) is 55.6 Å². The van der Waals surface area contributed by atoms with Crippen LogP contribution >= 0.6 is 12.4 Å². The molecule has 0 bridgehead atoms. The summed E-state index contributed by atoms with van der Waals surface area (Å²) in [5.41, 5.74) is 6.89. The van der Waals surface area contributed by atoms with Gasteiger partial charge in [-0.3, -0.25) is 4.79 Å². The lowest BCUT2D eigenvalue weighted by Crippen LogP contribution is -2.38. The van der Waals surface area contributed by atoms with Gasteiger partial charge in [-0.1, -0.05) is 50.1 Å². The van der Waals surface area contributed by atoms with Crippen molar-refractivity contribution in [2.75, 3.05) is 19.6 Å². The third-order valence-corrected chi connectivity index (χ3v) is 5.32. The quantitative estimate of drug-likeness (QED) is 0.884. The maximum atomic E-state index is 13.1. The fourth-order valence-corrected chi connectivity index (χ4v) is 3.67. The molecule has 134 valence electrons. The molecule has 1 aliphatic heterocycles. The molecule has 1 aliphatic carbocycles. The Labute approximate surface area is 151 Å². The van der Waals surface area contributed by atoms with E-state index in [2.05, 4.69) is 6.92 Å². The highest BCUT2D eigenvalue weighted by molar-refractivity contribution is 5.85. The average molecular weight is 353 g/mol. The van der Waals surface area contributed by atoms with E-state index in [1.807, 2.05) is 35.2 Å². The first-order valence-electron chi connectivity index (χ1n) is 8.81. The van der Waals surface area contributed by atoms with Crippen molar-refractivity contribution in [2.45, 2.75) is 51.2 Å². The molecule has 24 heavy (non-hydrogen) atoms. The lowest BCUT2D eigenvalue weighted by Gasteiger charge is -2.28. The van der Waals surface area contributed by atoms with E-state index in [-0.39, 0.29) is 29.8 Å². The lowest BCUT2D eigenvalue weighted by molar-refractivity contribution is -0.147. The zero-order valence-electron chi connectivity index (χ0n) is 14.4. The minimum absolute atomic E-state index is 0. The van der Waals surface area contributed by atoms with Crippen LogP contribution in [0.3, 0.4) is 0 Å². The smallest absolute Gasteiger partial charge is 0.256 e. The number of benzene rings is 1. The third-order valence-electron chi connectivity index (χ3n) is 5.32.